The number of hydrogen-bond acceptors (Lipinski definition) is 4. The third-order valence-electron chi connectivity index (χ3n) is 4.22. The number of hydrogen-bond donors (Lipinski definition) is 0. The Hall–Kier alpha value is -1.32. The summed E-state index contributed by atoms with van der Waals surface area (Å²) < 4.78 is 9.67. The zero-order valence-electron chi connectivity index (χ0n) is 13.8. The van der Waals surface area contributed by atoms with Crippen molar-refractivity contribution in [3.05, 3.63) is 11.1 Å². The van der Waals surface area contributed by atoms with Crippen molar-refractivity contribution in [3.8, 4) is 0 Å². The van der Waals surface area contributed by atoms with Crippen LogP contribution in [0.15, 0.2) is 11.1 Å². The first-order chi connectivity index (χ1) is 9.89. The van der Waals surface area contributed by atoms with Crippen LogP contribution in [0, 0.1) is 5.41 Å². The second-order valence-corrected chi connectivity index (χ2v) is 6.55. The SMILES string of the molecule is COC(=O)CC(C)(C)CCC1=C(C(=O)OC)CCCCC1. The molecule has 0 aromatic rings. The molecule has 0 saturated carbocycles. The van der Waals surface area contributed by atoms with Crippen LogP contribution >= 0.6 is 0 Å². The van der Waals surface area contributed by atoms with E-state index in [0.717, 1.165) is 50.5 Å². The van der Waals surface area contributed by atoms with Crippen molar-refractivity contribution in [2.75, 3.05) is 14.2 Å². The Balaban J connectivity index is 2.74. The molecule has 0 unspecified atom stereocenters. The van der Waals surface area contributed by atoms with Gasteiger partial charge < -0.3 is 9.47 Å². The molecule has 0 saturated heterocycles. The molecule has 0 aliphatic heterocycles. The first kappa shape index (κ1) is 17.7. The first-order valence-corrected chi connectivity index (χ1v) is 7.75. The van der Waals surface area contributed by atoms with Crippen LogP contribution in [-0.4, -0.2) is 26.2 Å². The van der Waals surface area contributed by atoms with Gasteiger partial charge in [0.2, 0.25) is 0 Å². The Labute approximate surface area is 127 Å². The van der Waals surface area contributed by atoms with E-state index in [0.29, 0.717) is 6.42 Å². The molecule has 0 N–H and O–H groups in total. The van der Waals surface area contributed by atoms with Crippen molar-refractivity contribution >= 4 is 11.9 Å². The van der Waals surface area contributed by atoms with Gasteiger partial charge in [-0.1, -0.05) is 25.8 Å². The van der Waals surface area contributed by atoms with Crippen LogP contribution in [0.4, 0.5) is 0 Å². The standard InChI is InChI=1S/C17H28O4/c1-17(2,12-15(18)20-3)11-10-13-8-6-5-7-9-14(13)16(19)21-4/h5-12H2,1-4H3. The molecule has 0 aromatic heterocycles. The number of carbonyl (C=O) groups is 2. The predicted molar refractivity (Wildman–Crippen MR) is 81.8 cm³/mol. The van der Waals surface area contributed by atoms with Gasteiger partial charge in [-0.3, -0.25) is 4.79 Å². The molecule has 0 bridgehead atoms. The zero-order chi connectivity index (χ0) is 15.9. The number of carbonyl (C=O) groups excluding carboxylic acids is 2. The molecule has 0 spiro atoms. The lowest BCUT2D eigenvalue weighted by Gasteiger charge is -2.24. The number of ether oxygens (including phenoxy) is 2. The van der Waals surface area contributed by atoms with E-state index in [9.17, 15) is 9.59 Å². The lowest BCUT2D eigenvalue weighted by Crippen LogP contribution is -2.18. The Kier molecular flexibility index (Phi) is 6.93. The average Bonchev–Trinajstić information content (AvgIpc) is 2.69. The summed E-state index contributed by atoms with van der Waals surface area (Å²) in [6.45, 7) is 4.14. The summed E-state index contributed by atoms with van der Waals surface area (Å²) in [4.78, 5) is 23.4. The highest BCUT2D eigenvalue weighted by Crippen LogP contribution is 2.34. The molecule has 4 heteroatoms. The molecule has 0 atom stereocenters. The minimum Gasteiger partial charge on any atom is -0.469 e. The third kappa shape index (κ3) is 5.90. The molecule has 120 valence electrons. The van der Waals surface area contributed by atoms with E-state index in [2.05, 4.69) is 13.8 Å². The number of methoxy groups -OCH3 is 2. The van der Waals surface area contributed by atoms with Crippen molar-refractivity contribution in [2.24, 2.45) is 5.41 Å². The van der Waals surface area contributed by atoms with E-state index < -0.39 is 0 Å². The maximum Gasteiger partial charge on any atom is 0.333 e. The molecule has 0 fully saturated rings. The molecule has 0 heterocycles. The van der Waals surface area contributed by atoms with Gasteiger partial charge in [0.25, 0.3) is 0 Å². The highest BCUT2D eigenvalue weighted by molar-refractivity contribution is 5.89. The van der Waals surface area contributed by atoms with Gasteiger partial charge in [0.05, 0.1) is 20.6 Å². The molecule has 21 heavy (non-hydrogen) atoms. The second kappa shape index (κ2) is 8.20. The van der Waals surface area contributed by atoms with Crippen LogP contribution in [0.2, 0.25) is 0 Å². The Bertz CT molecular complexity index is 407. The maximum atomic E-state index is 11.9. The molecule has 0 aromatic carbocycles. The molecular weight excluding hydrogens is 268 g/mol. The van der Waals surface area contributed by atoms with Crippen molar-refractivity contribution < 1.29 is 19.1 Å². The normalized spacial score (nSPS) is 16.4. The molecule has 0 radical (unpaired) electrons. The van der Waals surface area contributed by atoms with Crippen LogP contribution < -0.4 is 0 Å². The van der Waals surface area contributed by atoms with Crippen LogP contribution in [-0.2, 0) is 19.1 Å². The lowest BCUT2D eigenvalue weighted by molar-refractivity contribution is -0.143. The highest BCUT2D eigenvalue weighted by Gasteiger charge is 2.25. The van der Waals surface area contributed by atoms with Gasteiger partial charge in [-0.05, 0) is 43.9 Å². The molecular formula is C17H28O4. The van der Waals surface area contributed by atoms with E-state index in [1.54, 1.807) is 0 Å². The van der Waals surface area contributed by atoms with Gasteiger partial charge in [0, 0.05) is 5.57 Å². The van der Waals surface area contributed by atoms with Crippen molar-refractivity contribution in [1.82, 2.24) is 0 Å². The smallest absolute Gasteiger partial charge is 0.333 e. The quantitative estimate of drug-likeness (QED) is 0.700. The third-order valence-corrected chi connectivity index (χ3v) is 4.22. The fourth-order valence-electron chi connectivity index (χ4n) is 2.83. The van der Waals surface area contributed by atoms with Crippen LogP contribution in [0.3, 0.4) is 0 Å². The van der Waals surface area contributed by atoms with Gasteiger partial charge in [-0.2, -0.15) is 0 Å². The number of allylic oxidation sites excluding steroid dienone is 1. The van der Waals surface area contributed by atoms with Crippen LogP contribution in [0.5, 0.6) is 0 Å². The lowest BCUT2D eigenvalue weighted by atomic mass is 9.82. The molecule has 1 rings (SSSR count). The number of esters is 2. The van der Waals surface area contributed by atoms with Gasteiger partial charge in [-0.25, -0.2) is 4.79 Å². The maximum absolute atomic E-state index is 11.9. The van der Waals surface area contributed by atoms with Crippen LogP contribution in [0.1, 0.15) is 65.2 Å². The van der Waals surface area contributed by atoms with E-state index in [1.807, 2.05) is 0 Å². The van der Waals surface area contributed by atoms with Gasteiger partial charge in [0.15, 0.2) is 0 Å². The number of rotatable bonds is 6. The van der Waals surface area contributed by atoms with Crippen molar-refractivity contribution in [3.63, 3.8) is 0 Å². The first-order valence-electron chi connectivity index (χ1n) is 7.75. The van der Waals surface area contributed by atoms with Crippen molar-refractivity contribution in [1.29, 1.82) is 0 Å². The summed E-state index contributed by atoms with van der Waals surface area (Å²) in [6, 6.07) is 0. The summed E-state index contributed by atoms with van der Waals surface area (Å²) >= 11 is 0. The van der Waals surface area contributed by atoms with E-state index in [4.69, 9.17) is 9.47 Å². The summed E-state index contributed by atoms with van der Waals surface area (Å²) in [5, 5.41) is 0. The second-order valence-electron chi connectivity index (χ2n) is 6.55. The summed E-state index contributed by atoms with van der Waals surface area (Å²) in [5.74, 6) is -0.360. The predicted octanol–water partition coefficient (Wildman–Crippen LogP) is 3.79. The highest BCUT2D eigenvalue weighted by atomic mass is 16.5. The monoisotopic (exact) mass is 296 g/mol. The zero-order valence-corrected chi connectivity index (χ0v) is 13.8. The van der Waals surface area contributed by atoms with Crippen LogP contribution in [0.25, 0.3) is 0 Å². The summed E-state index contributed by atoms with van der Waals surface area (Å²) in [5.41, 5.74) is 1.97. The topological polar surface area (TPSA) is 52.6 Å². The average molecular weight is 296 g/mol. The Morgan fingerprint density at radius 1 is 1.05 bits per heavy atom. The minimum atomic E-state index is -0.183. The van der Waals surface area contributed by atoms with Gasteiger partial charge in [-0.15, -0.1) is 0 Å². The summed E-state index contributed by atoms with van der Waals surface area (Å²) in [7, 11) is 2.86. The van der Waals surface area contributed by atoms with Gasteiger partial charge >= 0.3 is 11.9 Å². The fourth-order valence-corrected chi connectivity index (χ4v) is 2.83. The summed E-state index contributed by atoms with van der Waals surface area (Å²) in [6.07, 6.45) is 7.27. The molecule has 1 aliphatic rings. The minimum absolute atomic E-state index is 0.117. The van der Waals surface area contributed by atoms with E-state index in [1.165, 1.54) is 19.8 Å². The van der Waals surface area contributed by atoms with Crippen molar-refractivity contribution in [2.45, 2.75) is 65.2 Å². The van der Waals surface area contributed by atoms with Gasteiger partial charge in [0.1, 0.15) is 0 Å². The van der Waals surface area contributed by atoms with E-state index in [-0.39, 0.29) is 17.4 Å². The Morgan fingerprint density at radius 2 is 1.71 bits per heavy atom. The molecule has 4 nitrogen and oxygen atoms in total. The fraction of sp³-hybridized carbons (Fsp3) is 0.765. The molecule has 1 aliphatic carbocycles. The van der Waals surface area contributed by atoms with E-state index >= 15 is 0 Å². The largest absolute Gasteiger partial charge is 0.469 e. The molecule has 0 amide bonds. The Morgan fingerprint density at radius 3 is 2.33 bits per heavy atom.